The van der Waals surface area contributed by atoms with Crippen molar-refractivity contribution in [3.05, 3.63) is 90.2 Å². The van der Waals surface area contributed by atoms with Crippen LogP contribution in [0.25, 0.3) is 0 Å². The normalized spacial score (nSPS) is 12.4. The Morgan fingerprint density at radius 3 is 2.48 bits per heavy atom. The van der Waals surface area contributed by atoms with Crippen LogP contribution in [0.1, 0.15) is 18.1 Å². The summed E-state index contributed by atoms with van der Waals surface area (Å²) < 4.78 is 25.7. The molecule has 0 saturated heterocycles. The lowest BCUT2D eigenvalue weighted by atomic mass is 9.92. The molecule has 0 aliphatic rings. The van der Waals surface area contributed by atoms with Crippen molar-refractivity contribution >= 4 is 29.1 Å². The number of rotatable bonds is 7. The number of aryl methyl sites for hydroxylation is 1. The number of hydrogen-bond acceptors (Lipinski definition) is 4. The molecule has 8 heteroatoms. The number of aliphatic imine (C=N–C) groups is 1. The summed E-state index contributed by atoms with van der Waals surface area (Å²) in [7, 11) is 2.19. The highest BCUT2D eigenvalue weighted by atomic mass is 32.2. The first-order valence-electron chi connectivity index (χ1n) is 9.44. The molecule has 0 unspecified atom stereocenters. The van der Waals surface area contributed by atoms with Crippen LogP contribution in [0, 0.1) is 18.4 Å². The highest BCUT2D eigenvalue weighted by Gasteiger charge is 2.17. The van der Waals surface area contributed by atoms with Crippen LogP contribution in [-0.4, -0.2) is 22.2 Å². The first-order valence-corrected chi connectivity index (χ1v) is 10.9. The molecule has 156 valence electrons. The number of nitrogens with zero attached hydrogens (tertiary/aromatic N) is 2. The topological polar surface area (TPSA) is 94.3 Å². The second-order valence-corrected chi connectivity index (χ2v) is 8.50. The van der Waals surface area contributed by atoms with Crippen LogP contribution < -0.4 is 16.1 Å². The molecular formula is C23H23BN4O2S. The Balaban J connectivity index is 2.21. The summed E-state index contributed by atoms with van der Waals surface area (Å²) in [5.74, 6) is 0.264. The number of nitriles is 1. The zero-order valence-corrected chi connectivity index (χ0v) is 18.3. The van der Waals surface area contributed by atoms with E-state index in [0.29, 0.717) is 11.2 Å². The van der Waals surface area contributed by atoms with Crippen LogP contribution in [0.4, 0.5) is 0 Å². The first kappa shape index (κ1) is 23.7. The molecule has 0 fully saturated rings. The van der Waals surface area contributed by atoms with Gasteiger partial charge in [-0.1, -0.05) is 48.0 Å². The Hall–Kier alpha value is -3.57. The van der Waals surface area contributed by atoms with Crippen LogP contribution in [0.5, 0.6) is 0 Å². The first-order chi connectivity index (χ1) is 14.8. The van der Waals surface area contributed by atoms with Gasteiger partial charge in [-0.2, -0.15) is 5.26 Å². The van der Waals surface area contributed by atoms with E-state index >= 15 is 0 Å². The molecule has 2 radical (unpaired) electrons. The third-order valence-electron chi connectivity index (χ3n) is 4.30. The SMILES string of the molecule is [B]c1cc(S(=O)(=O)c2ccc(CN=C(NC#N)NC(/C=C\C)=C/C=C)cc2)ccc1C. The average Bonchev–Trinajstić information content (AvgIpc) is 2.74. The van der Waals surface area contributed by atoms with E-state index in [1.165, 1.54) is 18.2 Å². The zero-order chi connectivity index (χ0) is 22.9. The number of allylic oxidation sites excluding steroid dienone is 4. The predicted molar refractivity (Wildman–Crippen MR) is 125 cm³/mol. The molecule has 2 aromatic carbocycles. The summed E-state index contributed by atoms with van der Waals surface area (Å²) in [5, 5.41) is 14.5. The number of benzene rings is 2. The Kier molecular flexibility index (Phi) is 8.41. The summed E-state index contributed by atoms with van der Waals surface area (Å²) >= 11 is 0. The molecule has 0 bridgehead atoms. The van der Waals surface area contributed by atoms with Crippen LogP contribution >= 0.6 is 0 Å². The molecule has 2 rings (SSSR count). The minimum atomic E-state index is -3.67. The number of guanidine groups is 1. The Bertz CT molecular complexity index is 1180. The summed E-state index contributed by atoms with van der Waals surface area (Å²) in [6, 6.07) is 11.1. The van der Waals surface area contributed by atoms with E-state index in [1.807, 2.05) is 32.2 Å². The molecule has 0 heterocycles. The molecule has 0 amide bonds. The Morgan fingerprint density at radius 1 is 1.23 bits per heavy atom. The standard InChI is InChI=1S/C23H23BN4O2S/c1-4-6-19(7-5-2)28-23(27-16-25)26-15-18-9-12-20(13-10-18)31(29,30)21-11-8-17(3)22(24)14-21/h4-14H,1,15H2,2-3H3,(H2,26,27,28)/b7-5-,19-6+. The largest absolute Gasteiger partial charge is 0.326 e. The van der Waals surface area contributed by atoms with Crippen molar-refractivity contribution in [2.24, 2.45) is 4.99 Å². The second-order valence-electron chi connectivity index (χ2n) is 6.55. The van der Waals surface area contributed by atoms with Gasteiger partial charge >= 0.3 is 0 Å². The van der Waals surface area contributed by atoms with Crippen molar-refractivity contribution < 1.29 is 8.42 Å². The lowest BCUT2D eigenvalue weighted by Crippen LogP contribution is -2.33. The van der Waals surface area contributed by atoms with Crippen molar-refractivity contribution in [2.45, 2.75) is 30.2 Å². The molecule has 2 aromatic rings. The molecule has 0 aromatic heterocycles. The van der Waals surface area contributed by atoms with Gasteiger partial charge in [0.2, 0.25) is 15.8 Å². The maximum absolute atomic E-state index is 12.8. The van der Waals surface area contributed by atoms with Gasteiger partial charge in [0, 0.05) is 5.70 Å². The van der Waals surface area contributed by atoms with Crippen LogP contribution in [0.2, 0.25) is 0 Å². The van der Waals surface area contributed by atoms with E-state index in [4.69, 9.17) is 13.1 Å². The molecule has 0 atom stereocenters. The number of nitrogens with one attached hydrogen (secondary N) is 2. The summed E-state index contributed by atoms with van der Waals surface area (Å²) in [6.45, 7) is 7.59. The van der Waals surface area contributed by atoms with Gasteiger partial charge in [0.1, 0.15) is 7.85 Å². The fraction of sp³-hybridized carbons (Fsp3) is 0.130. The molecule has 0 saturated carbocycles. The fourth-order valence-electron chi connectivity index (χ4n) is 2.61. The highest BCUT2D eigenvalue weighted by Crippen LogP contribution is 2.21. The molecule has 6 nitrogen and oxygen atoms in total. The van der Waals surface area contributed by atoms with E-state index in [2.05, 4.69) is 22.2 Å². The van der Waals surface area contributed by atoms with Crippen molar-refractivity contribution in [3.8, 4) is 6.19 Å². The second kappa shape index (κ2) is 11.0. The molecule has 0 aliphatic heterocycles. The third kappa shape index (κ3) is 6.46. The smallest absolute Gasteiger partial charge is 0.209 e. The minimum Gasteiger partial charge on any atom is -0.326 e. The van der Waals surface area contributed by atoms with Crippen molar-refractivity contribution in [1.29, 1.82) is 5.26 Å². The highest BCUT2D eigenvalue weighted by molar-refractivity contribution is 7.91. The zero-order valence-electron chi connectivity index (χ0n) is 17.5. The third-order valence-corrected chi connectivity index (χ3v) is 6.06. The molecule has 0 aliphatic carbocycles. The van der Waals surface area contributed by atoms with Gasteiger partial charge in [-0.3, -0.25) is 5.32 Å². The van der Waals surface area contributed by atoms with Gasteiger partial charge in [-0.25, -0.2) is 13.4 Å². The van der Waals surface area contributed by atoms with Gasteiger partial charge in [0.05, 0.1) is 16.3 Å². The Labute approximate surface area is 185 Å². The van der Waals surface area contributed by atoms with E-state index in [9.17, 15) is 8.42 Å². The van der Waals surface area contributed by atoms with E-state index in [1.54, 1.807) is 36.4 Å². The van der Waals surface area contributed by atoms with Gasteiger partial charge in [0.25, 0.3) is 0 Å². The summed E-state index contributed by atoms with van der Waals surface area (Å²) in [5.41, 5.74) is 2.74. The van der Waals surface area contributed by atoms with E-state index in [-0.39, 0.29) is 22.3 Å². The fourth-order valence-corrected chi connectivity index (χ4v) is 3.91. The maximum Gasteiger partial charge on any atom is 0.209 e. The average molecular weight is 430 g/mol. The number of hydrogen-bond donors (Lipinski definition) is 2. The predicted octanol–water partition coefficient (Wildman–Crippen LogP) is 2.78. The Morgan fingerprint density at radius 2 is 1.90 bits per heavy atom. The molecule has 31 heavy (non-hydrogen) atoms. The van der Waals surface area contributed by atoms with Crippen LogP contribution in [0.15, 0.2) is 93.8 Å². The molecule has 0 spiro atoms. The minimum absolute atomic E-state index is 0.150. The van der Waals surface area contributed by atoms with E-state index in [0.717, 1.165) is 11.1 Å². The van der Waals surface area contributed by atoms with Gasteiger partial charge in [-0.15, -0.1) is 0 Å². The lowest BCUT2D eigenvalue weighted by molar-refractivity contribution is 0.596. The van der Waals surface area contributed by atoms with Crippen molar-refractivity contribution in [3.63, 3.8) is 0 Å². The van der Waals surface area contributed by atoms with Crippen molar-refractivity contribution in [1.82, 2.24) is 10.6 Å². The van der Waals surface area contributed by atoms with Crippen LogP contribution in [0.3, 0.4) is 0 Å². The van der Waals surface area contributed by atoms with E-state index < -0.39 is 9.84 Å². The van der Waals surface area contributed by atoms with Crippen LogP contribution in [-0.2, 0) is 16.4 Å². The van der Waals surface area contributed by atoms with Gasteiger partial charge in [0.15, 0.2) is 6.19 Å². The van der Waals surface area contributed by atoms with Crippen molar-refractivity contribution in [2.75, 3.05) is 0 Å². The lowest BCUT2D eigenvalue weighted by Gasteiger charge is -2.10. The monoisotopic (exact) mass is 430 g/mol. The summed E-state index contributed by atoms with van der Waals surface area (Å²) in [6.07, 6.45) is 8.85. The summed E-state index contributed by atoms with van der Waals surface area (Å²) in [4.78, 5) is 4.67. The maximum atomic E-state index is 12.8. The molecule has 2 N–H and O–H groups in total. The van der Waals surface area contributed by atoms with Gasteiger partial charge in [-0.05, 0) is 55.8 Å². The number of sulfone groups is 1. The molecular weight excluding hydrogens is 407 g/mol. The van der Waals surface area contributed by atoms with Gasteiger partial charge < -0.3 is 5.32 Å². The quantitative estimate of drug-likeness (QED) is 0.176.